The van der Waals surface area contributed by atoms with Crippen molar-refractivity contribution in [2.24, 2.45) is 0 Å². The van der Waals surface area contributed by atoms with Crippen LogP contribution in [0.3, 0.4) is 0 Å². The summed E-state index contributed by atoms with van der Waals surface area (Å²) in [6.07, 6.45) is 2.24. The Balaban J connectivity index is 2.15. The molecule has 2 rings (SSSR count). The first-order valence-corrected chi connectivity index (χ1v) is 7.96. The summed E-state index contributed by atoms with van der Waals surface area (Å²) in [5, 5.41) is 8.09. The molecule has 0 fully saturated rings. The predicted molar refractivity (Wildman–Crippen MR) is 85.0 cm³/mol. The molecular weight excluding hydrogens is 250 g/mol. The van der Waals surface area contributed by atoms with E-state index in [0.29, 0.717) is 6.04 Å². The van der Waals surface area contributed by atoms with Gasteiger partial charge in [-0.2, -0.15) is 11.3 Å². The maximum Gasteiger partial charge on any atom is 0.0369 e. The molecule has 2 heteroatoms. The third-order valence-electron chi connectivity index (χ3n) is 3.31. The largest absolute Gasteiger partial charge is 0.310 e. The fourth-order valence-electron chi connectivity index (χ4n) is 2.52. The van der Waals surface area contributed by atoms with E-state index in [-0.39, 0.29) is 0 Å². The van der Waals surface area contributed by atoms with Crippen LogP contribution in [0.15, 0.2) is 35.0 Å². The lowest BCUT2D eigenvalue weighted by Gasteiger charge is -2.18. The van der Waals surface area contributed by atoms with Crippen LogP contribution in [-0.2, 0) is 6.42 Å². The Bertz CT molecular complexity index is 482. The van der Waals surface area contributed by atoms with Gasteiger partial charge in [0.05, 0.1) is 0 Å². The van der Waals surface area contributed by atoms with Crippen LogP contribution < -0.4 is 5.32 Å². The van der Waals surface area contributed by atoms with Gasteiger partial charge < -0.3 is 5.32 Å². The second-order valence-electron chi connectivity index (χ2n) is 5.26. The topological polar surface area (TPSA) is 12.0 Å². The summed E-state index contributed by atoms with van der Waals surface area (Å²) in [6, 6.07) is 9.52. The van der Waals surface area contributed by atoms with Crippen molar-refractivity contribution in [1.82, 2.24) is 5.32 Å². The lowest BCUT2D eigenvalue weighted by molar-refractivity contribution is 0.530. The van der Waals surface area contributed by atoms with Crippen LogP contribution in [0.25, 0.3) is 0 Å². The van der Waals surface area contributed by atoms with Gasteiger partial charge in [-0.25, -0.2) is 0 Å². The van der Waals surface area contributed by atoms with Crippen LogP contribution in [0.5, 0.6) is 0 Å². The van der Waals surface area contributed by atoms with E-state index >= 15 is 0 Å². The standard InChI is InChI=1S/C17H23NS/c1-4-6-18-17(16-5-7-19-12-16)11-15-9-13(2)8-14(3)10-15/h5,7-10,12,17-18H,4,6,11H2,1-3H3. The molecule has 0 aliphatic rings. The summed E-state index contributed by atoms with van der Waals surface area (Å²) in [4.78, 5) is 0. The third kappa shape index (κ3) is 4.19. The number of thiophene rings is 1. The summed E-state index contributed by atoms with van der Waals surface area (Å²) in [5.74, 6) is 0. The minimum Gasteiger partial charge on any atom is -0.310 e. The highest BCUT2D eigenvalue weighted by molar-refractivity contribution is 7.07. The molecule has 2 aromatic rings. The van der Waals surface area contributed by atoms with E-state index in [9.17, 15) is 0 Å². The zero-order valence-electron chi connectivity index (χ0n) is 12.1. The van der Waals surface area contributed by atoms with Gasteiger partial charge in [0, 0.05) is 6.04 Å². The average Bonchev–Trinajstić information content (AvgIpc) is 2.87. The molecule has 102 valence electrons. The van der Waals surface area contributed by atoms with Gasteiger partial charge in [-0.15, -0.1) is 0 Å². The molecule has 0 spiro atoms. The Kier molecular flexibility index (Phi) is 5.17. The van der Waals surface area contributed by atoms with Crippen LogP contribution in [0.2, 0.25) is 0 Å². The first-order chi connectivity index (χ1) is 9.19. The molecule has 1 N–H and O–H groups in total. The lowest BCUT2D eigenvalue weighted by atomic mass is 9.98. The minimum atomic E-state index is 0.437. The van der Waals surface area contributed by atoms with Crippen molar-refractivity contribution < 1.29 is 0 Å². The Labute approximate surface area is 120 Å². The molecule has 1 nitrogen and oxygen atoms in total. The predicted octanol–water partition coefficient (Wildman–Crippen LogP) is 4.65. The number of benzene rings is 1. The van der Waals surface area contributed by atoms with Crippen molar-refractivity contribution in [3.8, 4) is 0 Å². The second kappa shape index (κ2) is 6.88. The van der Waals surface area contributed by atoms with Gasteiger partial charge >= 0.3 is 0 Å². The highest BCUT2D eigenvalue weighted by Crippen LogP contribution is 2.22. The van der Waals surface area contributed by atoms with Crippen LogP contribution in [-0.4, -0.2) is 6.54 Å². The molecule has 1 atom stereocenters. The number of hydrogen-bond donors (Lipinski definition) is 1. The number of aryl methyl sites for hydroxylation is 2. The maximum atomic E-state index is 3.67. The first kappa shape index (κ1) is 14.3. The molecule has 0 saturated heterocycles. The molecule has 0 aliphatic carbocycles. The van der Waals surface area contributed by atoms with Gasteiger partial charge in [0.2, 0.25) is 0 Å². The first-order valence-electron chi connectivity index (χ1n) is 7.01. The zero-order chi connectivity index (χ0) is 13.7. The zero-order valence-corrected chi connectivity index (χ0v) is 12.9. The molecule has 0 aliphatic heterocycles. The van der Waals surface area contributed by atoms with E-state index in [1.165, 1.54) is 28.7 Å². The van der Waals surface area contributed by atoms with E-state index in [1.807, 2.05) is 0 Å². The van der Waals surface area contributed by atoms with Gasteiger partial charge in [-0.1, -0.05) is 36.2 Å². The molecular formula is C17H23NS. The molecule has 0 amide bonds. The average molecular weight is 273 g/mol. The number of nitrogens with one attached hydrogen (secondary N) is 1. The van der Waals surface area contributed by atoms with Crippen molar-refractivity contribution in [2.45, 2.75) is 39.7 Å². The van der Waals surface area contributed by atoms with Gasteiger partial charge in [0.25, 0.3) is 0 Å². The van der Waals surface area contributed by atoms with Crippen LogP contribution >= 0.6 is 11.3 Å². The highest BCUT2D eigenvalue weighted by atomic mass is 32.1. The Hall–Kier alpha value is -1.12. The minimum absolute atomic E-state index is 0.437. The second-order valence-corrected chi connectivity index (χ2v) is 6.04. The molecule has 0 radical (unpaired) electrons. The SMILES string of the molecule is CCCNC(Cc1cc(C)cc(C)c1)c1ccsc1. The Morgan fingerprint density at radius 2 is 1.89 bits per heavy atom. The normalized spacial score (nSPS) is 12.6. The maximum absolute atomic E-state index is 3.67. The fraction of sp³-hybridized carbons (Fsp3) is 0.412. The van der Waals surface area contributed by atoms with Crippen LogP contribution in [0, 0.1) is 13.8 Å². The quantitative estimate of drug-likeness (QED) is 0.808. The van der Waals surface area contributed by atoms with Crippen molar-refractivity contribution in [3.05, 3.63) is 57.3 Å². The summed E-state index contributed by atoms with van der Waals surface area (Å²) < 4.78 is 0. The van der Waals surface area contributed by atoms with Gasteiger partial charge in [-0.3, -0.25) is 0 Å². The smallest absolute Gasteiger partial charge is 0.0369 e. The summed E-state index contributed by atoms with van der Waals surface area (Å²) in [7, 11) is 0. The van der Waals surface area contributed by atoms with Crippen LogP contribution in [0.4, 0.5) is 0 Å². The summed E-state index contributed by atoms with van der Waals surface area (Å²) in [5.41, 5.74) is 5.55. The van der Waals surface area contributed by atoms with Gasteiger partial charge in [0.15, 0.2) is 0 Å². The summed E-state index contributed by atoms with van der Waals surface area (Å²) >= 11 is 1.78. The monoisotopic (exact) mass is 273 g/mol. The number of hydrogen-bond acceptors (Lipinski definition) is 2. The fourth-order valence-corrected chi connectivity index (χ4v) is 3.24. The number of rotatable bonds is 6. The molecule has 1 unspecified atom stereocenters. The van der Waals surface area contributed by atoms with Crippen molar-refractivity contribution in [1.29, 1.82) is 0 Å². The van der Waals surface area contributed by atoms with E-state index < -0.39 is 0 Å². The Morgan fingerprint density at radius 3 is 2.47 bits per heavy atom. The van der Waals surface area contributed by atoms with Gasteiger partial charge in [-0.05, 0) is 61.2 Å². The van der Waals surface area contributed by atoms with E-state index in [1.54, 1.807) is 11.3 Å². The van der Waals surface area contributed by atoms with Gasteiger partial charge in [0.1, 0.15) is 0 Å². The van der Waals surface area contributed by atoms with E-state index in [0.717, 1.165) is 13.0 Å². The lowest BCUT2D eigenvalue weighted by Crippen LogP contribution is -2.23. The van der Waals surface area contributed by atoms with Crippen molar-refractivity contribution >= 4 is 11.3 Å². The molecule has 1 heterocycles. The van der Waals surface area contributed by atoms with E-state index in [4.69, 9.17) is 0 Å². The molecule has 0 saturated carbocycles. The molecule has 0 bridgehead atoms. The highest BCUT2D eigenvalue weighted by Gasteiger charge is 2.12. The van der Waals surface area contributed by atoms with Crippen molar-refractivity contribution in [3.63, 3.8) is 0 Å². The molecule has 19 heavy (non-hydrogen) atoms. The Morgan fingerprint density at radius 1 is 1.16 bits per heavy atom. The van der Waals surface area contributed by atoms with Crippen LogP contribution in [0.1, 0.15) is 41.6 Å². The summed E-state index contributed by atoms with van der Waals surface area (Å²) in [6.45, 7) is 7.64. The van der Waals surface area contributed by atoms with E-state index in [2.05, 4.69) is 61.1 Å². The molecule has 1 aromatic carbocycles. The van der Waals surface area contributed by atoms with Crippen molar-refractivity contribution in [2.75, 3.05) is 6.54 Å². The third-order valence-corrected chi connectivity index (χ3v) is 4.01. The molecule has 1 aromatic heterocycles.